The third-order valence-electron chi connectivity index (χ3n) is 13.2. The van der Waals surface area contributed by atoms with Crippen LogP contribution in [0.2, 0.25) is 0 Å². The number of carbonyl (C=O) groups is 1. The van der Waals surface area contributed by atoms with E-state index in [-0.39, 0.29) is 12.5 Å². The molecular formula is C61H115N2O6P. The van der Waals surface area contributed by atoms with Crippen molar-refractivity contribution in [3.05, 3.63) is 60.8 Å². The predicted molar refractivity (Wildman–Crippen MR) is 302 cm³/mol. The fourth-order valence-corrected chi connectivity index (χ4v) is 9.23. The molecule has 0 spiro atoms. The summed E-state index contributed by atoms with van der Waals surface area (Å²) < 4.78 is 23.3. The van der Waals surface area contributed by atoms with Gasteiger partial charge in [0.1, 0.15) is 13.2 Å². The van der Waals surface area contributed by atoms with Crippen LogP contribution in [-0.2, 0) is 18.4 Å². The van der Waals surface area contributed by atoms with Crippen molar-refractivity contribution in [3.63, 3.8) is 0 Å². The van der Waals surface area contributed by atoms with E-state index in [0.29, 0.717) is 17.4 Å². The molecule has 0 radical (unpaired) electrons. The van der Waals surface area contributed by atoms with E-state index in [9.17, 15) is 19.4 Å². The largest absolute Gasteiger partial charge is 0.756 e. The Morgan fingerprint density at radius 3 is 1.24 bits per heavy atom. The fourth-order valence-electron chi connectivity index (χ4n) is 8.51. The van der Waals surface area contributed by atoms with Crippen molar-refractivity contribution in [2.24, 2.45) is 0 Å². The zero-order valence-electron chi connectivity index (χ0n) is 46.7. The predicted octanol–water partition coefficient (Wildman–Crippen LogP) is 17.5. The minimum Gasteiger partial charge on any atom is -0.756 e. The van der Waals surface area contributed by atoms with Gasteiger partial charge in [0.25, 0.3) is 7.82 Å². The summed E-state index contributed by atoms with van der Waals surface area (Å²) in [5, 5.41) is 13.9. The Labute approximate surface area is 434 Å². The van der Waals surface area contributed by atoms with Gasteiger partial charge in [-0.3, -0.25) is 9.36 Å². The molecule has 0 rings (SSSR count). The number of unbranched alkanes of at least 4 members (excludes halogenated alkanes) is 33. The number of amides is 1. The Kier molecular flexibility index (Phi) is 50.7. The highest BCUT2D eigenvalue weighted by atomic mass is 31.2. The van der Waals surface area contributed by atoms with Gasteiger partial charge in [0.15, 0.2) is 0 Å². The topological polar surface area (TPSA) is 108 Å². The molecule has 0 bridgehead atoms. The molecule has 0 aliphatic rings. The fraction of sp³-hybridized carbons (Fsp3) is 0.820. The summed E-state index contributed by atoms with van der Waals surface area (Å²) in [6.07, 6.45) is 70.2. The van der Waals surface area contributed by atoms with Gasteiger partial charge in [-0.25, -0.2) is 0 Å². The lowest BCUT2D eigenvalue weighted by Gasteiger charge is -2.29. The summed E-state index contributed by atoms with van der Waals surface area (Å²) in [6.45, 7) is 4.63. The van der Waals surface area contributed by atoms with E-state index in [1.807, 2.05) is 27.2 Å². The molecule has 0 aromatic rings. The molecule has 0 aliphatic carbocycles. The number of phosphoric acid groups is 1. The number of phosphoric ester groups is 1. The maximum absolute atomic E-state index is 13.0. The molecule has 0 heterocycles. The molecule has 0 aliphatic heterocycles. The number of aliphatic hydroxyl groups excluding tert-OH is 1. The van der Waals surface area contributed by atoms with E-state index in [1.54, 1.807) is 6.08 Å². The summed E-state index contributed by atoms with van der Waals surface area (Å²) in [6, 6.07) is -0.912. The number of nitrogens with zero attached hydrogens (tertiary/aromatic N) is 1. The lowest BCUT2D eigenvalue weighted by molar-refractivity contribution is -0.870. The first-order valence-electron chi connectivity index (χ1n) is 29.7. The van der Waals surface area contributed by atoms with Crippen molar-refractivity contribution in [3.8, 4) is 0 Å². The van der Waals surface area contributed by atoms with E-state index in [2.05, 4.69) is 67.8 Å². The van der Waals surface area contributed by atoms with Gasteiger partial charge >= 0.3 is 0 Å². The van der Waals surface area contributed by atoms with Gasteiger partial charge in [-0.2, -0.15) is 0 Å². The summed E-state index contributed by atoms with van der Waals surface area (Å²) in [5.74, 6) is -0.210. The summed E-state index contributed by atoms with van der Waals surface area (Å²) in [7, 11) is 1.24. The number of hydrogen-bond acceptors (Lipinski definition) is 6. The maximum atomic E-state index is 13.0. The monoisotopic (exact) mass is 1000 g/mol. The first kappa shape index (κ1) is 68.2. The summed E-state index contributed by atoms with van der Waals surface area (Å²) in [4.78, 5) is 25.5. The van der Waals surface area contributed by atoms with E-state index in [0.717, 1.165) is 51.4 Å². The van der Waals surface area contributed by atoms with E-state index in [4.69, 9.17) is 9.05 Å². The maximum Gasteiger partial charge on any atom is 0.268 e. The number of carbonyl (C=O) groups excluding carboxylic acids is 1. The van der Waals surface area contributed by atoms with Gasteiger partial charge in [0.05, 0.1) is 39.9 Å². The second-order valence-corrected chi connectivity index (χ2v) is 22.7. The zero-order valence-corrected chi connectivity index (χ0v) is 47.6. The van der Waals surface area contributed by atoms with Crippen LogP contribution in [-0.4, -0.2) is 68.5 Å². The average Bonchev–Trinajstić information content (AvgIpc) is 3.32. The smallest absolute Gasteiger partial charge is 0.268 e. The Morgan fingerprint density at radius 1 is 0.500 bits per heavy atom. The molecule has 70 heavy (non-hydrogen) atoms. The Bertz CT molecular complexity index is 1320. The number of hydrogen-bond donors (Lipinski definition) is 2. The molecular weight excluding hydrogens is 888 g/mol. The minimum absolute atomic E-state index is 0.00988. The van der Waals surface area contributed by atoms with Gasteiger partial charge in [-0.05, 0) is 77.0 Å². The van der Waals surface area contributed by atoms with Crippen molar-refractivity contribution in [1.82, 2.24) is 5.32 Å². The van der Waals surface area contributed by atoms with Gasteiger partial charge < -0.3 is 28.8 Å². The summed E-state index contributed by atoms with van der Waals surface area (Å²) >= 11 is 0. The van der Waals surface area contributed by atoms with Gasteiger partial charge in [0, 0.05) is 6.42 Å². The van der Waals surface area contributed by atoms with Crippen LogP contribution in [0.4, 0.5) is 0 Å². The van der Waals surface area contributed by atoms with Gasteiger partial charge in [-0.1, -0.05) is 248 Å². The van der Waals surface area contributed by atoms with Crippen LogP contribution in [0.15, 0.2) is 60.8 Å². The number of nitrogens with one attached hydrogen (secondary N) is 1. The van der Waals surface area contributed by atoms with Crippen LogP contribution in [0.25, 0.3) is 0 Å². The highest BCUT2D eigenvalue weighted by Crippen LogP contribution is 2.38. The van der Waals surface area contributed by atoms with Crippen LogP contribution in [0.5, 0.6) is 0 Å². The minimum atomic E-state index is -4.61. The number of rotatable bonds is 54. The van der Waals surface area contributed by atoms with Crippen LogP contribution in [0.3, 0.4) is 0 Å². The summed E-state index contributed by atoms with van der Waals surface area (Å²) in [5.41, 5.74) is 0. The van der Waals surface area contributed by atoms with E-state index in [1.165, 1.54) is 199 Å². The Morgan fingerprint density at radius 2 is 0.843 bits per heavy atom. The van der Waals surface area contributed by atoms with Crippen LogP contribution < -0.4 is 10.2 Å². The van der Waals surface area contributed by atoms with Crippen molar-refractivity contribution in [1.29, 1.82) is 0 Å². The molecule has 0 aromatic carbocycles. The normalized spacial score (nSPS) is 14.3. The van der Waals surface area contributed by atoms with Crippen LogP contribution in [0, 0.1) is 0 Å². The second-order valence-electron chi connectivity index (χ2n) is 21.3. The van der Waals surface area contributed by atoms with Crippen LogP contribution >= 0.6 is 7.82 Å². The number of aliphatic hydroxyl groups is 1. The highest BCUT2D eigenvalue weighted by Gasteiger charge is 2.23. The molecule has 8 nitrogen and oxygen atoms in total. The molecule has 1 amide bonds. The molecule has 3 atom stereocenters. The highest BCUT2D eigenvalue weighted by molar-refractivity contribution is 7.45. The SMILES string of the molecule is CCCCCCC/C=C\C/C=C\CCCCCCCCCCCCCCCCCC(=O)NC(COP(=O)([O-])OCC[N+](C)(C)C)C(O)/C=C/CC/C=C/CC/C=C/CCCCCCCCCCCCC. The third kappa shape index (κ3) is 54.0. The van der Waals surface area contributed by atoms with Gasteiger partial charge in [-0.15, -0.1) is 0 Å². The average molecular weight is 1000 g/mol. The molecule has 410 valence electrons. The van der Waals surface area contributed by atoms with E-state index >= 15 is 0 Å². The number of allylic oxidation sites excluding steroid dienone is 9. The first-order valence-corrected chi connectivity index (χ1v) is 31.1. The number of quaternary nitrogens is 1. The molecule has 0 saturated heterocycles. The van der Waals surface area contributed by atoms with E-state index < -0.39 is 26.6 Å². The van der Waals surface area contributed by atoms with Crippen molar-refractivity contribution in [2.75, 3.05) is 40.9 Å². The van der Waals surface area contributed by atoms with Crippen molar-refractivity contribution < 1.29 is 32.9 Å². The van der Waals surface area contributed by atoms with Gasteiger partial charge in [0.2, 0.25) is 5.91 Å². The second kappa shape index (κ2) is 52.1. The molecule has 0 saturated carbocycles. The van der Waals surface area contributed by atoms with Crippen molar-refractivity contribution in [2.45, 2.75) is 283 Å². The molecule has 0 aromatic heterocycles. The van der Waals surface area contributed by atoms with Crippen molar-refractivity contribution >= 4 is 13.7 Å². The molecule has 2 N–H and O–H groups in total. The lowest BCUT2D eigenvalue weighted by Crippen LogP contribution is -2.45. The Balaban J connectivity index is 4.23. The standard InChI is InChI=1S/C61H115N2O6P/c1-6-8-10-12-14-16-18-20-22-24-26-28-29-30-31-32-33-35-37-39-41-43-45-47-49-51-53-55-61(65)62-59(58-69-70(66,67)68-57-56-63(3,4)5)60(64)54-52-50-48-46-44-42-40-38-36-34-27-25-23-21-19-17-15-13-11-9-7-2/h18,20,24,26,36,38,44,46,52,54,59-60,64H,6-17,19,21-23,25,27-35,37,39-43,45,47-51,53,55-58H2,1-5H3,(H-,62,65,66,67)/b20-18-,26-24-,38-36+,46-44+,54-52+. The molecule has 9 heteroatoms. The third-order valence-corrected chi connectivity index (χ3v) is 14.1. The zero-order chi connectivity index (χ0) is 51.3. The quantitative estimate of drug-likeness (QED) is 0.0272. The van der Waals surface area contributed by atoms with Crippen LogP contribution in [0.1, 0.15) is 271 Å². The first-order chi connectivity index (χ1) is 34.0. The number of likely N-dealkylation sites (N-methyl/N-ethyl adjacent to an activating group) is 1. The molecule has 3 unspecified atom stereocenters. The Hall–Kier alpha value is -1.80. The molecule has 0 fully saturated rings. The lowest BCUT2D eigenvalue weighted by atomic mass is 10.0.